The molecule has 0 fully saturated rings. The summed E-state index contributed by atoms with van der Waals surface area (Å²) in [5.41, 5.74) is 0. The van der Waals surface area contributed by atoms with Gasteiger partial charge in [-0.15, -0.1) is 23.2 Å². The molecule has 0 spiro atoms. The molecule has 0 saturated carbocycles. The van der Waals surface area contributed by atoms with Crippen molar-refractivity contribution in [2.45, 2.75) is 110 Å². The van der Waals surface area contributed by atoms with E-state index in [1.54, 1.807) is 0 Å². The number of halogens is 3. The van der Waals surface area contributed by atoms with Crippen molar-refractivity contribution >= 4 is 23.2 Å². The van der Waals surface area contributed by atoms with Crippen LogP contribution >= 0.6 is 23.2 Å². The van der Waals surface area contributed by atoms with Crippen molar-refractivity contribution in [1.29, 1.82) is 0 Å². The summed E-state index contributed by atoms with van der Waals surface area (Å²) in [5.74, 6) is 0. The Balaban J connectivity index is -0.00000123. The molecule has 0 aromatic carbocycles. The number of hydrogen-bond acceptors (Lipinski definition) is 0. The van der Waals surface area contributed by atoms with E-state index in [4.69, 9.17) is 23.2 Å². The lowest BCUT2D eigenvalue weighted by Crippen LogP contribution is -3.00. The van der Waals surface area contributed by atoms with Crippen LogP contribution in [0.1, 0.15) is 110 Å². The Labute approximate surface area is 186 Å². The van der Waals surface area contributed by atoms with Gasteiger partial charge in [-0.25, -0.2) is 0 Å². The van der Waals surface area contributed by atoms with Crippen molar-refractivity contribution < 1.29 is 21.5 Å². The summed E-state index contributed by atoms with van der Waals surface area (Å²) in [6, 6.07) is 0. The number of nitrogens with zero attached hydrogens (tertiary/aromatic N) is 1. The topological polar surface area (TPSA) is 0 Å². The second-order valence-corrected chi connectivity index (χ2v) is 9.23. The number of unbranched alkanes of at least 4 members (excludes halogenated alkanes) is 15. The summed E-state index contributed by atoms with van der Waals surface area (Å²) >= 11 is 9.53. The molecule has 0 aliphatic carbocycles. The zero-order chi connectivity index (χ0) is 19.2. The largest absolute Gasteiger partial charge is 1.00 e. The summed E-state index contributed by atoms with van der Waals surface area (Å²) in [6.07, 6.45) is 23.4. The minimum absolute atomic E-state index is 0. The molecule has 0 aromatic heterocycles. The molecule has 1 nitrogen and oxygen atoms in total. The highest BCUT2D eigenvalue weighted by atomic mass is 79.9. The van der Waals surface area contributed by atoms with Gasteiger partial charge in [0.15, 0.2) is 0 Å². The van der Waals surface area contributed by atoms with Crippen LogP contribution in [0.2, 0.25) is 0 Å². The van der Waals surface area contributed by atoms with Crippen LogP contribution in [0.25, 0.3) is 0 Å². The molecule has 0 unspecified atom stereocenters. The Morgan fingerprint density at radius 1 is 0.500 bits per heavy atom. The SMILES string of the molecule is CCCCCCCCCCCCCCCCCC[N+](C)(C)C.ClCCl.[Br-]. The van der Waals surface area contributed by atoms with Gasteiger partial charge in [0.2, 0.25) is 0 Å². The molecule has 4 heteroatoms. The fraction of sp³-hybridized carbons (Fsp3) is 1.00. The Morgan fingerprint density at radius 3 is 0.962 bits per heavy atom. The van der Waals surface area contributed by atoms with E-state index in [0.717, 1.165) is 4.48 Å². The zero-order valence-electron chi connectivity index (χ0n) is 18.3. The van der Waals surface area contributed by atoms with E-state index in [1.165, 1.54) is 109 Å². The molecular weight excluding hydrogens is 429 g/mol. The maximum Gasteiger partial charge on any atom is 0.0967 e. The van der Waals surface area contributed by atoms with Gasteiger partial charge in [0.1, 0.15) is 0 Å². The fourth-order valence-electron chi connectivity index (χ4n) is 3.13. The predicted molar refractivity (Wildman–Crippen MR) is 119 cm³/mol. The fourth-order valence-corrected chi connectivity index (χ4v) is 3.13. The lowest BCUT2D eigenvalue weighted by Gasteiger charge is -2.23. The molecule has 0 aliphatic heterocycles. The minimum Gasteiger partial charge on any atom is -1.00 e. The number of hydrogen-bond donors (Lipinski definition) is 0. The third kappa shape index (κ3) is 36.0. The Bertz CT molecular complexity index is 233. The van der Waals surface area contributed by atoms with Gasteiger partial charge in [-0.1, -0.05) is 96.8 Å². The molecule has 0 aromatic rings. The lowest BCUT2D eigenvalue weighted by atomic mass is 10.0. The van der Waals surface area contributed by atoms with Crippen LogP contribution in [-0.4, -0.2) is 37.5 Å². The molecule has 0 atom stereocenters. The first kappa shape index (κ1) is 31.7. The van der Waals surface area contributed by atoms with Crippen molar-refractivity contribution in [2.75, 3.05) is 33.0 Å². The second kappa shape index (κ2) is 26.0. The maximum absolute atomic E-state index is 4.76. The van der Waals surface area contributed by atoms with Crippen molar-refractivity contribution in [3.05, 3.63) is 0 Å². The third-order valence-corrected chi connectivity index (χ3v) is 4.68. The van der Waals surface area contributed by atoms with Crippen molar-refractivity contribution in [1.82, 2.24) is 0 Å². The minimum atomic E-state index is 0. The van der Waals surface area contributed by atoms with Crippen LogP contribution in [0.15, 0.2) is 0 Å². The monoisotopic (exact) mass is 475 g/mol. The average Bonchev–Trinajstić information content (AvgIpc) is 2.54. The molecule has 0 rings (SSSR count). The summed E-state index contributed by atoms with van der Waals surface area (Å²) in [5, 5.41) is 0.194. The smallest absolute Gasteiger partial charge is 0.0967 e. The van der Waals surface area contributed by atoms with Crippen molar-refractivity contribution in [3.8, 4) is 0 Å². The van der Waals surface area contributed by atoms with Gasteiger partial charge in [-0.05, 0) is 12.8 Å². The third-order valence-electron chi connectivity index (χ3n) is 4.68. The van der Waals surface area contributed by atoms with Gasteiger partial charge in [0.25, 0.3) is 0 Å². The van der Waals surface area contributed by atoms with Gasteiger partial charge in [0, 0.05) is 0 Å². The Kier molecular flexibility index (Phi) is 31.7. The highest BCUT2D eigenvalue weighted by molar-refractivity contribution is 6.40. The van der Waals surface area contributed by atoms with E-state index in [0.29, 0.717) is 0 Å². The number of alkyl halides is 2. The van der Waals surface area contributed by atoms with E-state index < -0.39 is 0 Å². The second-order valence-electron chi connectivity index (χ2n) is 8.42. The van der Waals surface area contributed by atoms with Gasteiger partial charge in [-0.3, -0.25) is 0 Å². The molecule has 0 saturated heterocycles. The van der Waals surface area contributed by atoms with Crippen LogP contribution in [0.5, 0.6) is 0 Å². The van der Waals surface area contributed by atoms with Crippen LogP contribution in [0, 0.1) is 0 Å². The van der Waals surface area contributed by atoms with Gasteiger partial charge >= 0.3 is 0 Å². The molecule has 0 heterocycles. The quantitative estimate of drug-likeness (QED) is 0.150. The molecule has 0 amide bonds. The molecule has 0 radical (unpaired) electrons. The standard InChI is InChI=1S/C21H46N.CH2Cl2.BrH/c1-5-6-7-8-9-10-11-12-13-14-15-16-17-18-19-20-21-22(2,3)4;2-1-3;/h5-21H2,1-4H3;1H2;1H/q+1;;/p-1. The highest BCUT2D eigenvalue weighted by Crippen LogP contribution is 2.13. The van der Waals surface area contributed by atoms with E-state index >= 15 is 0 Å². The summed E-state index contributed by atoms with van der Waals surface area (Å²) < 4.78 is 1.12. The zero-order valence-corrected chi connectivity index (χ0v) is 21.4. The maximum atomic E-state index is 4.76. The first-order valence-electron chi connectivity index (χ1n) is 10.9. The van der Waals surface area contributed by atoms with Crippen LogP contribution in [0.3, 0.4) is 0 Å². The summed E-state index contributed by atoms with van der Waals surface area (Å²) in [4.78, 5) is 0. The van der Waals surface area contributed by atoms with E-state index in [2.05, 4.69) is 28.1 Å². The van der Waals surface area contributed by atoms with Crippen LogP contribution in [0.4, 0.5) is 0 Å². The van der Waals surface area contributed by atoms with E-state index in [-0.39, 0.29) is 22.3 Å². The Hall–Kier alpha value is 1.02. The van der Waals surface area contributed by atoms with E-state index in [1.807, 2.05) is 0 Å². The normalized spacial score (nSPS) is 10.8. The number of quaternary nitrogens is 1. The first-order chi connectivity index (χ1) is 12.0. The molecule has 0 bridgehead atoms. The molecular formula is C22H48BrCl2N. The molecule has 0 N–H and O–H groups in total. The summed E-state index contributed by atoms with van der Waals surface area (Å²) in [7, 11) is 6.89. The van der Waals surface area contributed by atoms with Crippen LogP contribution in [-0.2, 0) is 0 Å². The first-order valence-corrected chi connectivity index (χ1v) is 12.0. The average molecular weight is 477 g/mol. The molecule has 162 valence electrons. The van der Waals surface area contributed by atoms with Crippen molar-refractivity contribution in [2.24, 2.45) is 0 Å². The van der Waals surface area contributed by atoms with E-state index in [9.17, 15) is 0 Å². The van der Waals surface area contributed by atoms with Crippen LogP contribution < -0.4 is 17.0 Å². The predicted octanol–water partition coefficient (Wildman–Crippen LogP) is 5.38. The van der Waals surface area contributed by atoms with Gasteiger partial charge in [0.05, 0.1) is 33.0 Å². The van der Waals surface area contributed by atoms with Gasteiger partial charge in [-0.2, -0.15) is 0 Å². The van der Waals surface area contributed by atoms with Crippen molar-refractivity contribution in [3.63, 3.8) is 0 Å². The lowest BCUT2D eigenvalue weighted by molar-refractivity contribution is -0.870. The molecule has 0 aliphatic rings. The Morgan fingerprint density at radius 2 is 0.731 bits per heavy atom. The summed E-state index contributed by atoms with van der Waals surface area (Å²) in [6.45, 7) is 3.63. The molecule has 26 heavy (non-hydrogen) atoms. The van der Waals surface area contributed by atoms with Gasteiger partial charge < -0.3 is 21.5 Å². The number of rotatable bonds is 17. The highest BCUT2D eigenvalue weighted by Gasteiger charge is 2.04.